The van der Waals surface area contributed by atoms with Gasteiger partial charge in [-0.15, -0.1) is 0 Å². The van der Waals surface area contributed by atoms with Gasteiger partial charge in [-0.2, -0.15) is 5.10 Å². The molecule has 3 rings (SSSR count). The fourth-order valence-corrected chi connectivity index (χ4v) is 3.11. The van der Waals surface area contributed by atoms with Crippen LogP contribution in [-0.4, -0.2) is 52.0 Å². The zero-order valence-electron chi connectivity index (χ0n) is 13.9. The predicted molar refractivity (Wildman–Crippen MR) is 89.5 cm³/mol. The molecule has 1 saturated heterocycles. The molecular weight excluding hydrogens is 292 g/mol. The number of aromatic nitrogens is 4. The van der Waals surface area contributed by atoms with Crippen LogP contribution in [0.3, 0.4) is 0 Å². The summed E-state index contributed by atoms with van der Waals surface area (Å²) in [6, 6.07) is 3.91. The van der Waals surface area contributed by atoms with Gasteiger partial charge < -0.3 is 14.9 Å². The number of aryl methyl sites for hydroxylation is 1. The molecule has 1 N–H and O–H groups in total. The minimum atomic E-state index is -0.451. The Labute approximate surface area is 136 Å². The van der Waals surface area contributed by atoms with Crippen molar-refractivity contribution in [3.63, 3.8) is 0 Å². The number of nitrogens with zero attached hydrogens (tertiary/aromatic N) is 6. The maximum absolute atomic E-state index is 10.6. The Hall–Kier alpha value is -2.15. The van der Waals surface area contributed by atoms with E-state index in [0.717, 1.165) is 43.3 Å². The van der Waals surface area contributed by atoms with Crippen LogP contribution in [0.1, 0.15) is 24.6 Å². The number of aliphatic hydroxyl groups excluding tert-OH is 1. The van der Waals surface area contributed by atoms with E-state index in [4.69, 9.17) is 0 Å². The molecule has 0 radical (unpaired) electrons. The number of piperidine rings is 1. The average molecular weight is 316 g/mol. The van der Waals surface area contributed by atoms with E-state index < -0.39 is 6.10 Å². The first-order valence-corrected chi connectivity index (χ1v) is 7.96. The molecule has 0 saturated carbocycles. The molecule has 0 spiro atoms. The third-order valence-electron chi connectivity index (χ3n) is 4.57. The van der Waals surface area contributed by atoms with Gasteiger partial charge in [0.05, 0.1) is 11.8 Å². The summed E-state index contributed by atoms with van der Waals surface area (Å²) in [5.41, 5.74) is 0.889. The van der Waals surface area contributed by atoms with Gasteiger partial charge in [-0.3, -0.25) is 4.68 Å². The van der Waals surface area contributed by atoms with Crippen LogP contribution < -0.4 is 9.80 Å². The molecule has 1 atom stereocenters. The molecule has 1 fully saturated rings. The maximum Gasteiger partial charge on any atom is 0.134 e. The number of hydrogen-bond acceptors (Lipinski definition) is 6. The normalized spacial score (nSPS) is 17.3. The first-order chi connectivity index (χ1) is 11.1. The maximum atomic E-state index is 10.6. The number of hydrogen-bond donors (Lipinski definition) is 1. The lowest BCUT2D eigenvalue weighted by Gasteiger charge is -2.35. The SMILES string of the molecule is CN(C)c1cc(N2CCC(C(O)c3ccnn3C)CC2)ncn1. The average Bonchev–Trinajstić information content (AvgIpc) is 3.00. The third-order valence-corrected chi connectivity index (χ3v) is 4.57. The van der Waals surface area contributed by atoms with Gasteiger partial charge in [0.2, 0.25) is 0 Å². The smallest absolute Gasteiger partial charge is 0.134 e. The molecule has 2 aromatic heterocycles. The monoisotopic (exact) mass is 316 g/mol. The van der Waals surface area contributed by atoms with Crippen molar-refractivity contribution in [2.24, 2.45) is 13.0 Å². The summed E-state index contributed by atoms with van der Waals surface area (Å²) in [7, 11) is 5.82. The van der Waals surface area contributed by atoms with Crippen LogP contribution in [0.15, 0.2) is 24.7 Å². The van der Waals surface area contributed by atoms with Crippen LogP contribution in [0, 0.1) is 5.92 Å². The van der Waals surface area contributed by atoms with E-state index in [-0.39, 0.29) is 5.92 Å². The van der Waals surface area contributed by atoms with Gasteiger partial charge in [0.1, 0.15) is 18.0 Å². The van der Waals surface area contributed by atoms with Gasteiger partial charge in [-0.1, -0.05) is 0 Å². The molecule has 1 aliphatic rings. The first kappa shape index (κ1) is 15.7. The van der Waals surface area contributed by atoms with Gasteiger partial charge in [0.15, 0.2) is 0 Å². The second-order valence-electron chi connectivity index (χ2n) is 6.28. The van der Waals surface area contributed by atoms with Crippen LogP contribution in [0.2, 0.25) is 0 Å². The van der Waals surface area contributed by atoms with Gasteiger partial charge in [-0.05, 0) is 24.8 Å². The van der Waals surface area contributed by atoms with E-state index in [9.17, 15) is 5.11 Å². The molecule has 7 heteroatoms. The molecule has 0 aromatic carbocycles. The molecular formula is C16H24N6O. The molecule has 23 heavy (non-hydrogen) atoms. The van der Waals surface area contributed by atoms with E-state index in [1.807, 2.05) is 38.2 Å². The number of rotatable bonds is 4. The van der Waals surface area contributed by atoms with Crippen LogP contribution in [0.25, 0.3) is 0 Å². The lowest BCUT2D eigenvalue weighted by Crippen LogP contribution is -2.36. The second kappa shape index (κ2) is 6.54. The van der Waals surface area contributed by atoms with Crippen LogP contribution in [0.5, 0.6) is 0 Å². The van der Waals surface area contributed by atoms with Gasteiger partial charge in [0, 0.05) is 46.5 Å². The summed E-state index contributed by atoms with van der Waals surface area (Å²) in [5, 5.41) is 14.7. The van der Waals surface area contributed by atoms with Crippen molar-refractivity contribution in [3.05, 3.63) is 30.4 Å². The van der Waals surface area contributed by atoms with E-state index in [2.05, 4.69) is 20.0 Å². The zero-order valence-corrected chi connectivity index (χ0v) is 13.9. The number of anilines is 2. The Balaban J connectivity index is 1.64. The van der Waals surface area contributed by atoms with Crippen molar-refractivity contribution in [1.29, 1.82) is 0 Å². The lowest BCUT2D eigenvalue weighted by molar-refractivity contribution is 0.0854. The fraction of sp³-hybridized carbons (Fsp3) is 0.562. The zero-order chi connectivity index (χ0) is 16.4. The molecule has 2 aromatic rings. The Kier molecular flexibility index (Phi) is 4.47. The molecule has 0 amide bonds. The summed E-state index contributed by atoms with van der Waals surface area (Å²) in [4.78, 5) is 12.9. The molecule has 0 aliphatic carbocycles. The summed E-state index contributed by atoms with van der Waals surface area (Å²) in [6.45, 7) is 1.78. The minimum Gasteiger partial charge on any atom is -0.387 e. The van der Waals surface area contributed by atoms with Crippen LogP contribution in [-0.2, 0) is 7.05 Å². The minimum absolute atomic E-state index is 0.261. The highest BCUT2D eigenvalue weighted by molar-refractivity contribution is 5.49. The summed E-state index contributed by atoms with van der Waals surface area (Å²) in [5.74, 6) is 2.13. The molecule has 0 bridgehead atoms. The van der Waals surface area contributed by atoms with Crippen molar-refractivity contribution in [2.45, 2.75) is 18.9 Å². The van der Waals surface area contributed by atoms with E-state index in [1.165, 1.54) is 0 Å². The summed E-state index contributed by atoms with van der Waals surface area (Å²) >= 11 is 0. The molecule has 1 unspecified atom stereocenters. The molecule has 7 nitrogen and oxygen atoms in total. The molecule has 3 heterocycles. The molecule has 124 valence electrons. The quantitative estimate of drug-likeness (QED) is 0.915. The van der Waals surface area contributed by atoms with Crippen molar-refractivity contribution in [1.82, 2.24) is 19.7 Å². The van der Waals surface area contributed by atoms with E-state index >= 15 is 0 Å². The highest BCUT2D eigenvalue weighted by Gasteiger charge is 2.28. The summed E-state index contributed by atoms with van der Waals surface area (Å²) < 4.78 is 1.75. The Bertz CT molecular complexity index is 648. The number of aliphatic hydroxyl groups is 1. The first-order valence-electron chi connectivity index (χ1n) is 7.96. The Morgan fingerprint density at radius 3 is 2.61 bits per heavy atom. The standard InChI is InChI=1S/C16H24N6O/c1-20(2)14-10-15(18-11-17-14)22-8-5-12(6-9-22)16(23)13-4-7-19-21(13)3/h4,7,10-12,16,23H,5-6,8-9H2,1-3H3. The van der Waals surface area contributed by atoms with E-state index in [1.54, 1.807) is 17.2 Å². The highest BCUT2D eigenvalue weighted by atomic mass is 16.3. The van der Waals surface area contributed by atoms with Crippen molar-refractivity contribution >= 4 is 11.6 Å². The largest absolute Gasteiger partial charge is 0.387 e. The third kappa shape index (κ3) is 3.29. The second-order valence-corrected chi connectivity index (χ2v) is 6.28. The van der Waals surface area contributed by atoms with Crippen molar-refractivity contribution in [2.75, 3.05) is 37.0 Å². The van der Waals surface area contributed by atoms with Crippen LogP contribution in [0.4, 0.5) is 11.6 Å². The molecule has 1 aliphatic heterocycles. The lowest BCUT2D eigenvalue weighted by atomic mass is 9.89. The van der Waals surface area contributed by atoms with Gasteiger partial charge >= 0.3 is 0 Å². The Morgan fingerprint density at radius 1 is 1.26 bits per heavy atom. The van der Waals surface area contributed by atoms with Crippen LogP contribution >= 0.6 is 0 Å². The van der Waals surface area contributed by atoms with Gasteiger partial charge in [0.25, 0.3) is 0 Å². The summed E-state index contributed by atoms with van der Waals surface area (Å²) in [6.07, 6.45) is 4.77. The van der Waals surface area contributed by atoms with Crippen molar-refractivity contribution in [3.8, 4) is 0 Å². The predicted octanol–water partition coefficient (Wildman–Crippen LogP) is 1.23. The van der Waals surface area contributed by atoms with Crippen molar-refractivity contribution < 1.29 is 5.11 Å². The fourth-order valence-electron chi connectivity index (χ4n) is 3.11. The topological polar surface area (TPSA) is 70.3 Å². The van der Waals surface area contributed by atoms with Gasteiger partial charge in [-0.25, -0.2) is 9.97 Å². The Morgan fingerprint density at radius 2 is 2.00 bits per heavy atom. The van der Waals surface area contributed by atoms with E-state index in [0.29, 0.717) is 0 Å². The highest BCUT2D eigenvalue weighted by Crippen LogP contribution is 2.32.